The van der Waals surface area contributed by atoms with Crippen molar-refractivity contribution in [2.45, 2.75) is 6.42 Å². The van der Waals surface area contributed by atoms with Gasteiger partial charge in [-0.05, 0) is 18.6 Å². The summed E-state index contributed by atoms with van der Waals surface area (Å²) in [6.45, 7) is 3.09. The Balaban J connectivity index is 2.38. The Hall–Kier alpha value is -1.95. The smallest absolute Gasteiger partial charge is 0.172 e. The van der Waals surface area contributed by atoms with Gasteiger partial charge < -0.3 is 25.3 Å². The minimum Gasteiger partial charge on any atom is -0.497 e. The summed E-state index contributed by atoms with van der Waals surface area (Å²) in [5.41, 5.74) is 7.34. The molecule has 0 unspecified atom stereocenters. The topological polar surface area (TPSA) is 80.3 Å². The molecule has 1 aliphatic heterocycles. The van der Waals surface area contributed by atoms with Crippen molar-refractivity contribution in [1.29, 1.82) is 0 Å². The quantitative estimate of drug-likeness (QED) is 0.369. The second-order valence-electron chi connectivity index (χ2n) is 4.32. The third-order valence-corrected chi connectivity index (χ3v) is 3.15. The highest BCUT2D eigenvalue weighted by molar-refractivity contribution is 6.02. The zero-order valence-corrected chi connectivity index (χ0v) is 11.0. The molecule has 1 aromatic rings. The summed E-state index contributed by atoms with van der Waals surface area (Å²) in [5, 5.41) is 12.0. The first-order chi connectivity index (χ1) is 9.26. The molecular weight excluding hydrogens is 246 g/mol. The zero-order valence-electron chi connectivity index (χ0n) is 11.0. The number of rotatable bonds is 3. The standard InChI is InChI=1S/C13H19N3O3/c1-18-10-3-4-11(13(14)15-17)12(9-10)16-5-2-7-19-8-6-16/h3-4,9,17H,2,5-8H2,1H3,(H2,14,15). The van der Waals surface area contributed by atoms with E-state index in [2.05, 4.69) is 10.1 Å². The van der Waals surface area contributed by atoms with E-state index in [1.807, 2.05) is 6.07 Å². The molecule has 1 heterocycles. The maximum atomic E-state index is 8.88. The van der Waals surface area contributed by atoms with Crippen molar-refractivity contribution in [3.8, 4) is 5.75 Å². The van der Waals surface area contributed by atoms with E-state index in [0.29, 0.717) is 12.2 Å². The minimum atomic E-state index is 0.0998. The molecule has 0 saturated carbocycles. The normalized spacial score (nSPS) is 17.1. The highest BCUT2D eigenvalue weighted by Crippen LogP contribution is 2.27. The van der Waals surface area contributed by atoms with Crippen LogP contribution in [0.4, 0.5) is 5.69 Å². The zero-order chi connectivity index (χ0) is 13.7. The number of amidine groups is 1. The molecule has 0 aliphatic carbocycles. The molecule has 104 valence electrons. The Kier molecular flexibility index (Phi) is 4.46. The van der Waals surface area contributed by atoms with Crippen LogP contribution in [0.25, 0.3) is 0 Å². The Morgan fingerprint density at radius 3 is 3.00 bits per heavy atom. The first-order valence-electron chi connectivity index (χ1n) is 6.25. The van der Waals surface area contributed by atoms with E-state index in [1.54, 1.807) is 19.2 Å². The maximum absolute atomic E-state index is 8.88. The van der Waals surface area contributed by atoms with Crippen molar-refractivity contribution in [3.05, 3.63) is 23.8 Å². The molecule has 2 rings (SSSR count). The van der Waals surface area contributed by atoms with Crippen molar-refractivity contribution in [1.82, 2.24) is 0 Å². The van der Waals surface area contributed by atoms with Crippen molar-refractivity contribution < 1.29 is 14.7 Å². The minimum absolute atomic E-state index is 0.0998. The average molecular weight is 265 g/mol. The predicted octanol–water partition coefficient (Wildman–Crippen LogP) is 1.02. The van der Waals surface area contributed by atoms with E-state index < -0.39 is 0 Å². The Bertz CT molecular complexity index is 454. The van der Waals surface area contributed by atoms with E-state index in [-0.39, 0.29) is 5.84 Å². The van der Waals surface area contributed by atoms with Crippen molar-refractivity contribution in [3.63, 3.8) is 0 Å². The lowest BCUT2D eigenvalue weighted by Gasteiger charge is -2.25. The van der Waals surface area contributed by atoms with Crippen molar-refractivity contribution in [2.24, 2.45) is 10.9 Å². The van der Waals surface area contributed by atoms with E-state index in [4.69, 9.17) is 20.4 Å². The van der Waals surface area contributed by atoms with Gasteiger partial charge in [-0.2, -0.15) is 0 Å². The molecule has 1 aromatic carbocycles. The van der Waals surface area contributed by atoms with Crippen LogP contribution in [0.2, 0.25) is 0 Å². The van der Waals surface area contributed by atoms with E-state index >= 15 is 0 Å². The Morgan fingerprint density at radius 1 is 1.42 bits per heavy atom. The molecule has 1 fully saturated rings. The lowest BCUT2D eigenvalue weighted by Crippen LogP contribution is -2.29. The third-order valence-electron chi connectivity index (χ3n) is 3.15. The SMILES string of the molecule is COc1ccc(/C(N)=N/O)c(N2CCCOCC2)c1. The van der Waals surface area contributed by atoms with Gasteiger partial charge in [-0.3, -0.25) is 0 Å². The van der Waals surface area contributed by atoms with Crippen molar-refractivity contribution in [2.75, 3.05) is 38.3 Å². The molecular formula is C13H19N3O3. The fourth-order valence-electron chi connectivity index (χ4n) is 2.16. The van der Waals surface area contributed by atoms with E-state index in [0.717, 1.165) is 37.6 Å². The van der Waals surface area contributed by atoms with Crippen LogP contribution in [-0.4, -0.2) is 44.5 Å². The van der Waals surface area contributed by atoms with Gasteiger partial charge in [0.2, 0.25) is 0 Å². The molecule has 1 aliphatic rings. The van der Waals surface area contributed by atoms with Gasteiger partial charge in [0.05, 0.1) is 19.4 Å². The first-order valence-corrected chi connectivity index (χ1v) is 6.25. The molecule has 0 bridgehead atoms. The van der Waals surface area contributed by atoms with Crippen LogP contribution in [0.1, 0.15) is 12.0 Å². The number of benzene rings is 1. The summed E-state index contributed by atoms with van der Waals surface area (Å²) >= 11 is 0. The van der Waals surface area contributed by atoms with Crippen LogP contribution >= 0.6 is 0 Å². The summed E-state index contributed by atoms with van der Waals surface area (Å²) in [7, 11) is 1.62. The Morgan fingerprint density at radius 2 is 2.26 bits per heavy atom. The fourth-order valence-corrected chi connectivity index (χ4v) is 2.16. The molecule has 0 radical (unpaired) electrons. The summed E-state index contributed by atoms with van der Waals surface area (Å²) in [5.74, 6) is 0.845. The largest absolute Gasteiger partial charge is 0.497 e. The summed E-state index contributed by atoms with van der Waals surface area (Å²) < 4.78 is 10.7. The van der Waals surface area contributed by atoms with Crippen LogP contribution in [0.3, 0.4) is 0 Å². The molecule has 1 saturated heterocycles. The summed E-state index contributed by atoms with van der Waals surface area (Å²) in [6, 6.07) is 5.50. The lowest BCUT2D eigenvalue weighted by molar-refractivity contribution is 0.152. The molecule has 3 N–H and O–H groups in total. The van der Waals surface area contributed by atoms with Gasteiger partial charge in [0.25, 0.3) is 0 Å². The van der Waals surface area contributed by atoms with Crippen molar-refractivity contribution >= 4 is 11.5 Å². The second kappa shape index (κ2) is 6.29. The van der Waals surface area contributed by atoms with Crippen LogP contribution in [0.15, 0.2) is 23.4 Å². The number of methoxy groups -OCH3 is 1. The number of oxime groups is 1. The molecule has 6 heteroatoms. The number of hydrogen-bond donors (Lipinski definition) is 2. The average Bonchev–Trinajstić information content (AvgIpc) is 2.74. The van der Waals surface area contributed by atoms with Gasteiger partial charge in [0.1, 0.15) is 5.75 Å². The van der Waals surface area contributed by atoms with Gasteiger partial charge >= 0.3 is 0 Å². The maximum Gasteiger partial charge on any atom is 0.172 e. The predicted molar refractivity (Wildman–Crippen MR) is 73.2 cm³/mol. The summed E-state index contributed by atoms with van der Waals surface area (Å²) in [4.78, 5) is 2.17. The lowest BCUT2D eigenvalue weighted by atomic mass is 10.1. The van der Waals surface area contributed by atoms with Gasteiger partial charge in [-0.1, -0.05) is 5.16 Å². The van der Waals surface area contributed by atoms with Gasteiger partial charge in [0.15, 0.2) is 5.84 Å². The molecule has 19 heavy (non-hydrogen) atoms. The van der Waals surface area contributed by atoms with Gasteiger partial charge in [0, 0.05) is 31.3 Å². The number of nitrogens with two attached hydrogens (primary N) is 1. The monoisotopic (exact) mass is 265 g/mol. The highest BCUT2D eigenvalue weighted by Gasteiger charge is 2.17. The molecule has 6 nitrogen and oxygen atoms in total. The molecule has 0 atom stereocenters. The highest BCUT2D eigenvalue weighted by atomic mass is 16.5. The van der Waals surface area contributed by atoms with Crippen LogP contribution in [0.5, 0.6) is 5.75 Å². The van der Waals surface area contributed by atoms with Gasteiger partial charge in [-0.25, -0.2) is 0 Å². The van der Waals surface area contributed by atoms with Crippen LogP contribution < -0.4 is 15.4 Å². The number of ether oxygens (including phenoxy) is 2. The van der Waals surface area contributed by atoms with E-state index in [1.165, 1.54) is 0 Å². The third kappa shape index (κ3) is 3.08. The van der Waals surface area contributed by atoms with E-state index in [9.17, 15) is 0 Å². The Labute approximate surface area is 112 Å². The molecule has 0 amide bonds. The molecule has 0 aromatic heterocycles. The van der Waals surface area contributed by atoms with Crippen LogP contribution in [-0.2, 0) is 4.74 Å². The van der Waals surface area contributed by atoms with Crippen LogP contribution in [0, 0.1) is 0 Å². The first kappa shape index (κ1) is 13.5. The second-order valence-corrected chi connectivity index (χ2v) is 4.32. The summed E-state index contributed by atoms with van der Waals surface area (Å²) in [6.07, 6.45) is 0.951. The number of hydrogen-bond acceptors (Lipinski definition) is 5. The van der Waals surface area contributed by atoms with Gasteiger partial charge in [-0.15, -0.1) is 0 Å². The number of anilines is 1. The number of nitrogens with zero attached hydrogens (tertiary/aromatic N) is 2. The fraction of sp³-hybridized carbons (Fsp3) is 0.462. The molecule has 0 spiro atoms.